The molecule has 0 radical (unpaired) electrons. The van der Waals surface area contributed by atoms with Crippen LogP contribution in [0.5, 0.6) is 0 Å². The third-order valence-electron chi connectivity index (χ3n) is 3.35. The Kier molecular flexibility index (Phi) is 2.88. The standard InChI is InChI=1S/C15H16S/c1-2-6-12(7-3-1)15-11-10-13-8-4-5-9-14(13)16-15/h1-3,6-7,11H,4-5,8-10H2. The van der Waals surface area contributed by atoms with Gasteiger partial charge in [-0.2, -0.15) is 0 Å². The maximum absolute atomic E-state index is 2.41. The molecule has 0 bridgehead atoms. The van der Waals surface area contributed by atoms with Crippen LogP contribution in [0.1, 0.15) is 37.7 Å². The van der Waals surface area contributed by atoms with Crippen LogP contribution in [0.2, 0.25) is 0 Å². The van der Waals surface area contributed by atoms with E-state index in [0.717, 1.165) is 0 Å². The topological polar surface area (TPSA) is 0 Å². The molecule has 1 aliphatic carbocycles. The van der Waals surface area contributed by atoms with E-state index >= 15 is 0 Å². The molecule has 1 aromatic rings. The maximum Gasteiger partial charge on any atom is 0.0154 e. The van der Waals surface area contributed by atoms with Gasteiger partial charge in [-0.15, -0.1) is 0 Å². The lowest BCUT2D eigenvalue weighted by Gasteiger charge is -2.24. The van der Waals surface area contributed by atoms with Gasteiger partial charge in [-0.3, -0.25) is 0 Å². The second-order valence-corrected chi connectivity index (χ2v) is 5.61. The van der Waals surface area contributed by atoms with Crippen molar-refractivity contribution in [2.75, 3.05) is 0 Å². The molecule has 1 aliphatic heterocycles. The fourth-order valence-electron chi connectivity index (χ4n) is 2.45. The van der Waals surface area contributed by atoms with E-state index in [4.69, 9.17) is 0 Å². The molecular formula is C15H16S. The molecule has 0 fully saturated rings. The number of thioether (sulfide) groups is 1. The highest BCUT2D eigenvalue weighted by Crippen LogP contribution is 2.45. The smallest absolute Gasteiger partial charge is 0.0154 e. The third kappa shape index (κ3) is 1.97. The van der Waals surface area contributed by atoms with Crippen molar-refractivity contribution in [3.8, 4) is 0 Å². The Labute approximate surface area is 101 Å². The molecule has 0 aromatic heterocycles. The lowest BCUT2D eigenvalue weighted by molar-refractivity contribution is 0.684. The van der Waals surface area contributed by atoms with E-state index in [1.54, 1.807) is 10.5 Å². The summed E-state index contributed by atoms with van der Waals surface area (Å²) < 4.78 is 0. The first kappa shape index (κ1) is 10.2. The van der Waals surface area contributed by atoms with E-state index in [0.29, 0.717) is 0 Å². The quantitative estimate of drug-likeness (QED) is 0.652. The minimum absolute atomic E-state index is 1.19. The summed E-state index contributed by atoms with van der Waals surface area (Å²) >= 11 is 2.01. The van der Waals surface area contributed by atoms with Gasteiger partial charge >= 0.3 is 0 Å². The van der Waals surface area contributed by atoms with E-state index in [1.807, 2.05) is 11.8 Å². The minimum Gasteiger partial charge on any atom is -0.0943 e. The Morgan fingerprint density at radius 2 is 1.75 bits per heavy atom. The van der Waals surface area contributed by atoms with Crippen LogP contribution in [-0.4, -0.2) is 0 Å². The first-order valence-electron chi connectivity index (χ1n) is 6.08. The third-order valence-corrected chi connectivity index (χ3v) is 4.71. The number of benzene rings is 1. The molecule has 0 nitrogen and oxygen atoms in total. The monoisotopic (exact) mass is 228 g/mol. The molecular weight excluding hydrogens is 212 g/mol. The SMILES string of the molecule is C1=C(c2ccccc2)SC2=C(C1)CCCC2. The van der Waals surface area contributed by atoms with Gasteiger partial charge < -0.3 is 0 Å². The summed E-state index contributed by atoms with van der Waals surface area (Å²) in [6.07, 6.45) is 9.02. The van der Waals surface area contributed by atoms with Gasteiger partial charge in [0.2, 0.25) is 0 Å². The highest BCUT2D eigenvalue weighted by atomic mass is 32.2. The first-order chi connectivity index (χ1) is 7.93. The molecule has 1 heteroatoms. The molecule has 0 unspecified atom stereocenters. The van der Waals surface area contributed by atoms with Crippen molar-refractivity contribution >= 4 is 16.7 Å². The molecule has 82 valence electrons. The zero-order valence-electron chi connectivity index (χ0n) is 9.41. The second kappa shape index (κ2) is 4.50. The Bertz CT molecular complexity index is 440. The molecule has 1 heterocycles. The van der Waals surface area contributed by atoms with Crippen LogP contribution in [0.15, 0.2) is 46.9 Å². The molecule has 0 N–H and O–H groups in total. The summed E-state index contributed by atoms with van der Waals surface area (Å²) in [5.41, 5.74) is 3.08. The van der Waals surface area contributed by atoms with Crippen LogP contribution >= 0.6 is 11.8 Å². The molecule has 0 spiro atoms. The summed E-state index contributed by atoms with van der Waals surface area (Å²) in [6.45, 7) is 0. The summed E-state index contributed by atoms with van der Waals surface area (Å²) in [5.74, 6) is 0. The van der Waals surface area contributed by atoms with Gasteiger partial charge in [-0.25, -0.2) is 0 Å². The first-order valence-corrected chi connectivity index (χ1v) is 6.89. The van der Waals surface area contributed by atoms with Crippen molar-refractivity contribution in [3.63, 3.8) is 0 Å². The van der Waals surface area contributed by atoms with Gasteiger partial charge in [0.25, 0.3) is 0 Å². The van der Waals surface area contributed by atoms with E-state index in [1.165, 1.54) is 42.6 Å². The molecule has 0 amide bonds. The van der Waals surface area contributed by atoms with Crippen LogP contribution in [0.25, 0.3) is 4.91 Å². The van der Waals surface area contributed by atoms with Crippen molar-refractivity contribution in [2.45, 2.75) is 32.1 Å². The molecule has 3 rings (SSSR count). The molecule has 0 saturated carbocycles. The largest absolute Gasteiger partial charge is 0.0943 e. The zero-order chi connectivity index (χ0) is 10.8. The van der Waals surface area contributed by atoms with Gasteiger partial charge in [-0.1, -0.05) is 53.7 Å². The van der Waals surface area contributed by atoms with Crippen molar-refractivity contribution < 1.29 is 0 Å². The van der Waals surface area contributed by atoms with Crippen molar-refractivity contribution in [2.24, 2.45) is 0 Å². The van der Waals surface area contributed by atoms with E-state index < -0.39 is 0 Å². The van der Waals surface area contributed by atoms with Crippen LogP contribution < -0.4 is 0 Å². The number of allylic oxidation sites excluding steroid dienone is 3. The Morgan fingerprint density at radius 1 is 0.938 bits per heavy atom. The molecule has 0 saturated heterocycles. The van der Waals surface area contributed by atoms with Gasteiger partial charge in [0, 0.05) is 4.91 Å². The predicted octanol–water partition coefficient (Wildman–Crippen LogP) is 4.99. The average Bonchev–Trinajstić information content (AvgIpc) is 2.39. The highest BCUT2D eigenvalue weighted by Gasteiger charge is 2.18. The van der Waals surface area contributed by atoms with Crippen molar-refractivity contribution in [1.82, 2.24) is 0 Å². The minimum atomic E-state index is 1.19. The van der Waals surface area contributed by atoms with Crippen molar-refractivity contribution in [3.05, 3.63) is 52.4 Å². The molecule has 1 aromatic carbocycles. The fourth-order valence-corrected chi connectivity index (χ4v) is 3.71. The van der Waals surface area contributed by atoms with E-state index in [9.17, 15) is 0 Å². The lowest BCUT2D eigenvalue weighted by Crippen LogP contribution is -2.00. The van der Waals surface area contributed by atoms with E-state index in [2.05, 4.69) is 36.4 Å². The summed E-state index contributed by atoms with van der Waals surface area (Å²) in [6, 6.07) is 10.8. The second-order valence-electron chi connectivity index (χ2n) is 4.47. The Hall–Kier alpha value is -0.950. The van der Waals surface area contributed by atoms with E-state index in [-0.39, 0.29) is 0 Å². The zero-order valence-corrected chi connectivity index (χ0v) is 10.2. The normalized spacial score (nSPS) is 20.4. The van der Waals surface area contributed by atoms with Crippen LogP contribution in [0.4, 0.5) is 0 Å². The fraction of sp³-hybridized carbons (Fsp3) is 0.333. The van der Waals surface area contributed by atoms with Crippen LogP contribution in [0, 0.1) is 0 Å². The van der Waals surface area contributed by atoms with Gasteiger partial charge in [0.15, 0.2) is 0 Å². The average molecular weight is 228 g/mol. The van der Waals surface area contributed by atoms with Crippen molar-refractivity contribution in [1.29, 1.82) is 0 Å². The lowest BCUT2D eigenvalue weighted by atomic mass is 9.96. The summed E-state index contributed by atoms with van der Waals surface area (Å²) in [5, 5.41) is 0. The highest BCUT2D eigenvalue weighted by molar-refractivity contribution is 8.11. The Morgan fingerprint density at radius 3 is 2.62 bits per heavy atom. The van der Waals surface area contributed by atoms with Crippen LogP contribution in [0.3, 0.4) is 0 Å². The number of hydrogen-bond acceptors (Lipinski definition) is 1. The number of hydrogen-bond donors (Lipinski definition) is 0. The maximum atomic E-state index is 2.41. The summed E-state index contributed by atoms with van der Waals surface area (Å²) in [4.78, 5) is 3.12. The summed E-state index contributed by atoms with van der Waals surface area (Å²) in [7, 11) is 0. The number of rotatable bonds is 1. The van der Waals surface area contributed by atoms with Gasteiger partial charge in [-0.05, 0) is 42.6 Å². The molecule has 2 aliphatic rings. The Balaban J connectivity index is 1.84. The van der Waals surface area contributed by atoms with Gasteiger partial charge in [0.05, 0.1) is 0 Å². The van der Waals surface area contributed by atoms with Gasteiger partial charge in [0.1, 0.15) is 0 Å². The predicted molar refractivity (Wildman–Crippen MR) is 72.1 cm³/mol. The molecule has 0 atom stereocenters. The van der Waals surface area contributed by atoms with Crippen LogP contribution in [-0.2, 0) is 0 Å². The molecule has 16 heavy (non-hydrogen) atoms.